The smallest absolute Gasteiger partial charge is 0.312 e. The second kappa shape index (κ2) is 7.73. The van der Waals surface area contributed by atoms with Crippen LogP contribution in [0.2, 0.25) is 0 Å². The van der Waals surface area contributed by atoms with Crippen LogP contribution in [0.5, 0.6) is 0 Å². The summed E-state index contributed by atoms with van der Waals surface area (Å²) < 4.78 is 10.5. The minimum atomic E-state index is -0.598. The Morgan fingerprint density at radius 1 is 1.29 bits per heavy atom. The van der Waals surface area contributed by atoms with Gasteiger partial charge in [-0.2, -0.15) is 0 Å². The molecular weight excluding hydrogens is 396 g/mol. The Labute approximate surface area is 184 Å². The molecule has 3 saturated carbocycles. The van der Waals surface area contributed by atoms with Crippen molar-refractivity contribution in [3.05, 3.63) is 23.5 Å². The van der Waals surface area contributed by atoms with Gasteiger partial charge in [-0.1, -0.05) is 32.8 Å². The van der Waals surface area contributed by atoms with Crippen molar-refractivity contribution in [1.29, 1.82) is 0 Å². The van der Waals surface area contributed by atoms with Crippen molar-refractivity contribution < 1.29 is 29.3 Å². The topological polar surface area (TPSA) is 93.1 Å². The number of esters is 1. The molecule has 0 heterocycles. The highest BCUT2D eigenvalue weighted by Crippen LogP contribution is 2.70. The molecule has 0 bridgehead atoms. The summed E-state index contributed by atoms with van der Waals surface area (Å²) in [5, 5.41) is 20.8. The van der Waals surface area contributed by atoms with Crippen LogP contribution in [0.3, 0.4) is 0 Å². The summed E-state index contributed by atoms with van der Waals surface area (Å²) in [5.74, 6) is 0.331. The van der Waals surface area contributed by atoms with Gasteiger partial charge in [0.1, 0.15) is 0 Å². The normalized spacial score (nSPS) is 43.9. The van der Waals surface area contributed by atoms with Gasteiger partial charge in [0.05, 0.1) is 18.6 Å². The van der Waals surface area contributed by atoms with Gasteiger partial charge in [-0.05, 0) is 67.9 Å². The third-order valence-corrected chi connectivity index (χ3v) is 9.40. The Bertz CT molecular complexity index is 830. The van der Waals surface area contributed by atoms with Crippen LogP contribution in [0.25, 0.3) is 0 Å². The van der Waals surface area contributed by atoms with Crippen LogP contribution in [0, 0.1) is 34.0 Å². The maximum absolute atomic E-state index is 13.1. The van der Waals surface area contributed by atoms with E-state index in [1.54, 1.807) is 6.08 Å². The second-order valence-electron chi connectivity index (χ2n) is 10.5. The largest absolute Gasteiger partial charge is 0.469 e. The predicted molar refractivity (Wildman–Crippen MR) is 114 cm³/mol. The first kappa shape index (κ1) is 22.5. The number of ether oxygens (including phenoxy) is 2. The van der Waals surface area contributed by atoms with E-state index in [2.05, 4.69) is 20.8 Å². The van der Waals surface area contributed by atoms with E-state index in [9.17, 15) is 19.8 Å². The van der Waals surface area contributed by atoms with E-state index < -0.39 is 23.7 Å². The number of methoxy groups -OCH3 is 1. The number of hydrogen-bond acceptors (Lipinski definition) is 6. The molecule has 0 aromatic rings. The van der Waals surface area contributed by atoms with Gasteiger partial charge in [-0.3, -0.25) is 9.59 Å². The molecule has 0 saturated heterocycles. The molecule has 0 amide bonds. The Balaban J connectivity index is 1.75. The van der Waals surface area contributed by atoms with E-state index in [4.69, 9.17) is 9.47 Å². The van der Waals surface area contributed by atoms with Gasteiger partial charge in [0.15, 0.2) is 12.6 Å². The van der Waals surface area contributed by atoms with Crippen LogP contribution in [-0.4, -0.2) is 42.0 Å². The molecule has 0 aromatic heterocycles. The number of aliphatic hydroxyl groups excluding tert-OH is 2. The van der Waals surface area contributed by atoms with E-state index in [1.165, 1.54) is 7.11 Å². The highest BCUT2D eigenvalue weighted by molar-refractivity contribution is 6.04. The molecular formula is C25H36O6. The first-order chi connectivity index (χ1) is 14.7. The highest BCUT2D eigenvalue weighted by atomic mass is 16.6. The summed E-state index contributed by atoms with van der Waals surface area (Å²) >= 11 is 0. The lowest BCUT2D eigenvalue weighted by atomic mass is 9.44. The average Bonchev–Trinajstić information content (AvgIpc) is 3.01. The minimum Gasteiger partial charge on any atom is -0.469 e. The standard InChI is InChI=1S/C25H36O6/c1-5-9-25(22(29)30-4)10-8-17-16-7-6-15-11-18(27)20(31-14-26)13-23(15,2)21(16)19(28)12-24(17,25)3/h11,13,16-17,19,21,26,28H,5-10,12,14H2,1-4H3/t16?,17?,19-,21?,23-,24-,25+/m0/s1. The molecule has 0 radical (unpaired) electrons. The van der Waals surface area contributed by atoms with Crippen molar-refractivity contribution >= 4 is 11.8 Å². The summed E-state index contributed by atoms with van der Waals surface area (Å²) in [5.41, 5.74) is -0.318. The number of carbonyl (C=O) groups is 2. The average molecular weight is 433 g/mol. The summed E-state index contributed by atoms with van der Waals surface area (Å²) in [7, 11) is 1.48. The zero-order chi connectivity index (χ0) is 22.6. The van der Waals surface area contributed by atoms with E-state index in [1.807, 2.05) is 6.08 Å². The Hall–Kier alpha value is -1.66. The van der Waals surface area contributed by atoms with Gasteiger partial charge in [-0.25, -0.2) is 0 Å². The van der Waals surface area contributed by atoms with Crippen molar-refractivity contribution in [2.75, 3.05) is 13.9 Å². The number of hydrogen-bond donors (Lipinski definition) is 2. The van der Waals surface area contributed by atoms with Gasteiger partial charge in [-0.15, -0.1) is 0 Å². The van der Waals surface area contributed by atoms with Crippen LogP contribution in [0.4, 0.5) is 0 Å². The van der Waals surface area contributed by atoms with Crippen molar-refractivity contribution in [2.24, 2.45) is 34.0 Å². The Morgan fingerprint density at radius 3 is 2.68 bits per heavy atom. The minimum absolute atomic E-state index is 0.0500. The molecule has 3 unspecified atom stereocenters. The fourth-order valence-electron chi connectivity index (χ4n) is 8.16. The Morgan fingerprint density at radius 2 is 2.03 bits per heavy atom. The molecule has 3 fully saturated rings. The number of ketones is 1. The van der Waals surface area contributed by atoms with Gasteiger partial charge in [0.2, 0.25) is 5.78 Å². The maximum atomic E-state index is 13.1. The SMILES string of the molecule is CCC[C@]1(C(=O)OC)CCC2C3CCC4=CC(=O)C(OCO)=C[C@]4(C)C3[C@@H](O)C[C@@]21C. The first-order valence-corrected chi connectivity index (χ1v) is 11.7. The maximum Gasteiger partial charge on any atom is 0.312 e. The number of rotatable bonds is 5. The molecule has 31 heavy (non-hydrogen) atoms. The van der Waals surface area contributed by atoms with Crippen LogP contribution < -0.4 is 0 Å². The lowest BCUT2D eigenvalue weighted by molar-refractivity contribution is -0.177. The van der Waals surface area contributed by atoms with Crippen molar-refractivity contribution in [1.82, 2.24) is 0 Å². The van der Waals surface area contributed by atoms with Gasteiger partial charge in [0.25, 0.3) is 0 Å². The van der Waals surface area contributed by atoms with E-state index in [0.717, 1.165) is 44.1 Å². The van der Waals surface area contributed by atoms with Crippen LogP contribution in [-0.2, 0) is 19.1 Å². The van der Waals surface area contributed by atoms with E-state index in [0.29, 0.717) is 12.3 Å². The molecule has 4 aliphatic carbocycles. The molecule has 172 valence electrons. The third-order valence-electron chi connectivity index (χ3n) is 9.40. The molecule has 0 spiro atoms. The van der Waals surface area contributed by atoms with Gasteiger partial charge >= 0.3 is 5.97 Å². The summed E-state index contributed by atoms with van der Waals surface area (Å²) in [6.45, 7) is 5.84. The fourth-order valence-corrected chi connectivity index (χ4v) is 8.16. The summed E-state index contributed by atoms with van der Waals surface area (Å²) in [4.78, 5) is 25.5. The van der Waals surface area contributed by atoms with Crippen LogP contribution in [0.15, 0.2) is 23.5 Å². The first-order valence-electron chi connectivity index (χ1n) is 11.7. The van der Waals surface area contributed by atoms with Gasteiger partial charge in [0, 0.05) is 11.3 Å². The van der Waals surface area contributed by atoms with Crippen LogP contribution in [0.1, 0.15) is 65.7 Å². The quantitative estimate of drug-likeness (QED) is 0.510. The molecule has 6 heteroatoms. The molecule has 0 aliphatic heterocycles. The number of aliphatic hydroxyl groups is 2. The second-order valence-corrected chi connectivity index (χ2v) is 10.5. The molecule has 7 atom stereocenters. The highest BCUT2D eigenvalue weighted by Gasteiger charge is 2.68. The molecule has 4 rings (SSSR count). The summed E-state index contributed by atoms with van der Waals surface area (Å²) in [6, 6.07) is 0. The van der Waals surface area contributed by atoms with Gasteiger partial charge < -0.3 is 19.7 Å². The zero-order valence-electron chi connectivity index (χ0n) is 19.1. The number of carbonyl (C=O) groups excluding carboxylic acids is 2. The molecule has 0 aromatic carbocycles. The lowest BCUT2D eigenvalue weighted by Gasteiger charge is -2.60. The predicted octanol–water partition coefficient (Wildman–Crippen LogP) is 3.52. The van der Waals surface area contributed by atoms with Crippen molar-refractivity contribution in [2.45, 2.75) is 71.8 Å². The Kier molecular flexibility index (Phi) is 5.62. The monoisotopic (exact) mass is 432 g/mol. The fraction of sp³-hybridized carbons (Fsp3) is 0.760. The third kappa shape index (κ3) is 2.97. The van der Waals surface area contributed by atoms with E-state index >= 15 is 0 Å². The van der Waals surface area contributed by atoms with E-state index in [-0.39, 0.29) is 34.8 Å². The molecule has 4 aliphatic rings. The molecule has 6 nitrogen and oxygen atoms in total. The lowest BCUT2D eigenvalue weighted by Crippen LogP contribution is -2.59. The van der Waals surface area contributed by atoms with Crippen molar-refractivity contribution in [3.8, 4) is 0 Å². The molecule has 2 N–H and O–H groups in total. The summed E-state index contributed by atoms with van der Waals surface area (Å²) in [6.07, 6.45) is 8.57. The van der Waals surface area contributed by atoms with Crippen molar-refractivity contribution in [3.63, 3.8) is 0 Å². The zero-order valence-corrected chi connectivity index (χ0v) is 19.1. The van der Waals surface area contributed by atoms with Crippen LogP contribution >= 0.6 is 0 Å². The number of fused-ring (bicyclic) bond motifs is 5. The number of allylic oxidation sites excluding steroid dienone is 3.